The van der Waals surface area contributed by atoms with Crippen LogP contribution < -0.4 is 9.62 Å². The van der Waals surface area contributed by atoms with Crippen molar-refractivity contribution in [3.63, 3.8) is 0 Å². The molecule has 6 nitrogen and oxygen atoms in total. The van der Waals surface area contributed by atoms with Crippen molar-refractivity contribution in [3.05, 3.63) is 59.7 Å². The Kier molecular flexibility index (Phi) is 7.86. The molecule has 0 aromatic heterocycles. The third-order valence-electron chi connectivity index (χ3n) is 5.88. The number of hydrogen-bond acceptors (Lipinski definition) is 4. The maximum atomic E-state index is 13.0. The number of nitrogens with one attached hydrogen (secondary N) is 1. The van der Waals surface area contributed by atoms with E-state index in [0.717, 1.165) is 36.2 Å². The number of piperidine rings is 1. The predicted molar refractivity (Wildman–Crippen MR) is 125 cm³/mol. The third-order valence-corrected chi connectivity index (χ3v) is 7.32. The number of carbonyl (C=O) groups is 1. The lowest BCUT2D eigenvalue weighted by Crippen LogP contribution is -2.46. The largest absolute Gasteiger partial charge is 0.311 e. The fraction of sp³-hybridized carbons (Fsp3) is 0.458. The Balaban J connectivity index is 1.57. The van der Waals surface area contributed by atoms with Gasteiger partial charge in [0.2, 0.25) is 15.9 Å². The number of hydrogen-bond donors (Lipinski definition) is 1. The van der Waals surface area contributed by atoms with Gasteiger partial charge in [0.25, 0.3) is 0 Å². The summed E-state index contributed by atoms with van der Waals surface area (Å²) in [4.78, 5) is 17.3. The highest BCUT2D eigenvalue weighted by atomic mass is 32.2. The zero-order valence-electron chi connectivity index (χ0n) is 18.7. The molecule has 7 heteroatoms. The van der Waals surface area contributed by atoms with Crippen molar-refractivity contribution in [2.75, 3.05) is 37.6 Å². The van der Waals surface area contributed by atoms with E-state index in [9.17, 15) is 13.2 Å². The maximum absolute atomic E-state index is 13.0. The minimum Gasteiger partial charge on any atom is -0.311 e. The van der Waals surface area contributed by atoms with Crippen molar-refractivity contribution in [3.8, 4) is 0 Å². The molecular formula is C24H33N3O3S. The zero-order chi connectivity index (χ0) is 22.4. The molecule has 3 rings (SSSR count). The van der Waals surface area contributed by atoms with Crippen LogP contribution in [-0.4, -0.2) is 51.9 Å². The number of likely N-dealkylation sites (N-methyl/N-ethyl adjacent to an activating group) is 1. The lowest BCUT2D eigenvalue weighted by molar-refractivity contribution is -0.120. The summed E-state index contributed by atoms with van der Waals surface area (Å²) in [7, 11) is -3.52. The van der Waals surface area contributed by atoms with Gasteiger partial charge < -0.3 is 4.90 Å². The van der Waals surface area contributed by atoms with Gasteiger partial charge in [0.05, 0.1) is 11.4 Å². The molecule has 1 unspecified atom stereocenters. The Labute approximate surface area is 186 Å². The van der Waals surface area contributed by atoms with Crippen LogP contribution in [0.4, 0.5) is 5.69 Å². The lowest BCUT2D eigenvalue weighted by atomic mass is 9.98. The first-order valence-electron chi connectivity index (χ1n) is 10.9. The molecule has 2 aromatic carbocycles. The van der Waals surface area contributed by atoms with Crippen LogP contribution in [0.15, 0.2) is 53.4 Å². The molecule has 2 aromatic rings. The third kappa shape index (κ3) is 6.15. The van der Waals surface area contributed by atoms with E-state index in [0.29, 0.717) is 26.2 Å². The quantitative estimate of drug-likeness (QED) is 0.679. The summed E-state index contributed by atoms with van der Waals surface area (Å²) in [5, 5.41) is 0. The van der Waals surface area contributed by atoms with Crippen molar-refractivity contribution in [2.24, 2.45) is 5.92 Å². The number of likely N-dealkylation sites (tertiary alicyclic amines) is 1. The normalized spacial score (nSPS) is 17.5. The highest BCUT2D eigenvalue weighted by Gasteiger charge is 2.25. The molecule has 1 aliphatic rings. The minimum absolute atomic E-state index is 0.0812. The first-order valence-corrected chi connectivity index (χ1v) is 12.4. The van der Waals surface area contributed by atoms with E-state index in [-0.39, 0.29) is 16.7 Å². The summed E-state index contributed by atoms with van der Waals surface area (Å²) in [5.41, 5.74) is 3.06. The average Bonchev–Trinajstić information content (AvgIpc) is 2.75. The van der Waals surface area contributed by atoms with Gasteiger partial charge in [0.15, 0.2) is 0 Å². The number of anilines is 1. The molecule has 0 saturated carbocycles. The fourth-order valence-electron chi connectivity index (χ4n) is 4.11. The van der Waals surface area contributed by atoms with Crippen LogP contribution in [-0.2, 0) is 14.8 Å². The Morgan fingerprint density at radius 3 is 2.52 bits per heavy atom. The highest BCUT2D eigenvalue weighted by molar-refractivity contribution is 7.89. The van der Waals surface area contributed by atoms with E-state index >= 15 is 0 Å². The summed E-state index contributed by atoms with van der Waals surface area (Å²) in [5.74, 6) is 0.271. The SMILES string of the molecule is CCN(C(=O)CN1CCCC(CNS(=O)(=O)c2ccc(C)cc2)C1)c1ccccc1C. The Morgan fingerprint density at radius 2 is 1.84 bits per heavy atom. The second-order valence-corrected chi connectivity index (χ2v) is 10.1. The molecule has 0 spiro atoms. The maximum Gasteiger partial charge on any atom is 0.241 e. The Bertz CT molecular complexity index is 989. The molecule has 31 heavy (non-hydrogen) atoms. The Morgan fingerprint density at radius 1 is 1.13 bits per heavy atom. The summed E-state index contributed by atoms with van der Waals surface area (Å²) < 4.78 is 27.9. The molecule has 1 N–H and O–H groups in total. The second kappa shape index (κ2) is 10.4. The van der Waals surface area contributed by atoms with E-state index < -0.39 is 10.0 Å². The van der Waals surface area contributed by atoms with Crippen LogP contribution in [0.2, 0.25) is 0 Å². The number of carbonyl (C=O) groups excluding carboxylic acids is 1. The van der Waals surface area contributed by atoms with Crippen molar-refractivity contribution < 1.29 is 13.2 Å². The van der Waals surface area contributed by atoms with Gasteiger partial charge in [-0.05, 0) is 69.8 Å². The van der Waals surface area contributed by atoms with Crippen LogP contribution >= 0.6 is 0 Å². The monoisotopic (exact) mass is 443 g/mol. The summed E-state index contributed by atoms with van der Waals surface area (Å²) >= 11 is 0. The topological polar surface area (TPSA) is 69.7 Å². The average molecular weight is 444 g/mol. The van der Waals surface area contributed by atoms with Crippen LogP contribution in [0.25, 0.3) is 0 Å². The van der Waals surface area contributed by atoms with Gasteiger partial charge in [-0.25, -0.2) is 13.1 Å². The number of nitrogens with zero attached hydrogens (tertiary/aromatic N) is 2. The van der Waals surface area contributed by atoms with Crippen molar-refractivity contribution in [1.29, 1.82) is 0 Å². The molecule has 1 fully saturated rings. The molecule has 1 atom stereocenters. The van der Waals surface area contributed by atoms with Gasteiger partial charge >= 0.3 is 0 Å². The smallest absolute Gasteiger partial charge is 0.241 e. The summed E-state index contributed by atoms with van der Waals surface area (Å²) in [6, 6.07) is 14.8. The molecule has 1 aliphatic heterocycles. The molecule has 168 valence electrons. The second-order valence-electron chi connectivity index (χ2n) is 8.33. The van der Waals surface area contributed by atoms with Crippen molar-refractivity contribution in [2.45, 2.75) is 38.5 Å². The number of benzene rings is 2. The van der Waals surface area contributed by atoms with Gasteiger partial charge in [-0.2, -0.15) is 0 Å². The number of sulfonamides is 1. The van der Waals surface area contributed by atoms with Gasteiger partial charge in [-0.15, -0.1) is 0 Å². The standard InChI is InChI=1S/C24H33N3O3S/c1-4-27(23-10-6-5-8-20(23)3)24(28)18-26-15-7-9-21(17-26)16-25-31(29,30)22-13-11-19(2)12-14-22/h5-6,8,10-14,21,25H,4,7,9,15-18H2,1-3H3. The van der Waals surface area contributed by atoms with Gasteiger partial charge in [-0.3, -0.25) is 9.69 Å². The first-order chi connectivity index (χ1) is 14.8. The van der Waals surface area contributed by atoms with E-state index in [1.54, 1.807) is 24.3 Å². The van der Waals surface area contributed by atoms with Gasteiger partial charge in [0, 0.05) is 25.3 Å². The number of aryl methyl sites for hydroxylation is 2. The van der Waals surface area contributed by atoms with Crippen LogP contribution in [0.5, 0.6) is 0 Å². The lowest BCUT2D eigenvalue weighted by Gasteiger charge is -2.34. The van der Waals surface area contributed by atoms with Gasteiger partial charge in [0.1, 0.15) is 0 Å². The summed E-state index contributed by atoms with van der Waals surface area (Å²) in [6.45, 7) is 8.87. The van der Waals surface area contributed by atoms with E-state index in [1.165, 1.54) is 0 Å². The number of para-hydroxylation sites is 1. The molecule has 1 saturated heterocycles. The van der Waals surface area contributed by atoms with Crippen LogP contribution in [0.3, 0.4) is 0 Å². The minimum atomic E-state index is -3.52. The Hall–Kier alpha value is -2.22. The molecule has 0 aliphatic carbocycles. The summed E-state index contributed by atoms with van der Waals surface area (Å²) in [6.07, 6.45) is 1.91. The van der Waals surface area contributed by atoms with E-state index in [2.05, 4.69) is 9.62 Å². The van der Waals surface area contributed by atoms with Crippen molar-refractivity contribution >= 4 is 21.6 Å². The van der Waals surface area contributed by atoms with Crippen molar-refractivity contribution in [1.82, 2.24) is 9.62 Å². The zero-order valence-corrected chi connectivity index (χ0v) is 19.5. The number of rotatable bonds is 8. The molecule has 1 amide bonds. The van der Waals surface area contributed by atoms with Gasteiger partial charge in [-0.1, -0.05) is 35.9 Å². The molecular weight excluding hydrogens is 410 g/mol. The van der Waals surface area contributed by atoms with Crippen LogP contribution in [0.1, 0.15) is 30.9 Å². The molecule has 0 bridgehead atoms. The first kappa shape index (κ1) is 23.4. The molecule has 0 radical (unpaired) electrons. The van der Waals surface area contributed by atoms with E-state index in [1.807, 2.05) is 49.9 Å². The van der Waals surface area contributed by atoms with E-state index in [4.69, 9.17) is 0 Å². The highest BCUT2D eigenvalue weighted by Crippen LogP contribution is 2.21. The van der Waals surface area contributed by atoms with Crippen LogP contribution in [0, 0.1) is 19.8 Å². The predicted octanol–water partition coefficient (Wildman–Crippen LogP) is 3.35. The number of amides is 1. The molecule has 1 heterocycles. The fourth-order valence-corrected chi connectivity index (χ4v) is 5.23.